The highest BCUT2D eigenvalue weighted by Gasteiger charge is 2.34. The van der Waals surface area contributed by atoms with Gasteiger partial charge in [-0.1, -0.05) is 12.2 Å². The van der Waals surface area contributed by atoms with Gasteiger partial charge in [0.15, 0.2) is 5.82 Å². The molecule has 22 heavy (non-hydrogen) atoms. The Kier molecular flexibility index (Phi) is 3.41. The summed E-state index contributed by atoms with van der Waals surface area (Å²) in [4.78, 5) is 4.29. The first-order valence-corrected chi connectivity index (χ1v) is 8.03. The maximum Gasteiger partial charge on any atom is 0.160 e. The van der Waals surface area contributed by atoms with E-state index in [1.54, 1.807) is 6.20 Å². The number of hydrogen-bond donors (Lipinski definition) is 1. The molecule has 2 bridgehead atoms. The lowest BCUT2D eigenvalue weighted by Crippen LogP contribution is -2.13. The highest BCUT2D eigenvalue weighted by atomic mass is 15.2. The molecule has 0 radical (unpaired) electrons. The number of hydrogen-bond acceptors (Lipinski definition) is 4. The molecule has 2 aliphatic carbocycles. The van der Waals surface area contributed by atoms with E-state index in [2.05, 4.69) is 32.7 Å². The summed E-state index contributed by atoms with van der Waals surface area (Å²) >= 11 is 0. The molecule has 114 valence electrons. The largest absolute Gasteiger partial charge is 0.369 e. The lowest BCUT2D eigenvalue weighted by molar-refractivity contribution is 0.426. The summed E-state index contributed by atoms with van der Waals surface area (Å²) in [6.45, 7) is 0.970. The molecule has 2 aliphatic rings. The van der Waals surface area contributed by atoms with Gasteiger partial charge >= 0.3 is 0 Å². The van der Waals surface area contributed by atoms with Gasteiger partial charge in [0.2, 0.25) is 0 Å². The van der Waals surface area contributed by atoms with Crippen molar-refractivity contribution in [2.24, 2.45) is 24.8 Å². The minimum absolute atomic E-state index is 0.802. The molecule has 0 aliphatic heterocycles. The summed E-state index contributed by atoms with van der Waals surface area (Å²) in [6.07, 6.45) is 12.5. The summed E-state index contributed by atoms with van der Waals surface area (Å²) in [5.74, 6) is 4.21. The fourth-order valence-electron chi connectivity index (χ4n) is 3.77. The number of aromatic nitrogens is 4. The average molecular weight is 295 g/mol. The zero-order valence-corrected chi connectivity index (χ0v) is 12.8. The van der Waals surface area contributed by atoms with Crippen LogP contribution >= 0.6 is 0 Å². The van der Waals surface area contributed by atoms with Gasteiger partial charge in [-0.05, 0) is 49.1 Å². The highest BCUT2D eigenvalue weighted by molar-refractivity contribution is 5.51. The normalized spacial score (nSPS) is 25.8. The van der Waals surface area contributed by atoms with E-state index in [1.165, 1.54) is 19.3 Å². The zero-order chi connectivity index (χ0) is 14.9. The highest BCUT2D eigenvalue weighted by Crippen LogP contribution is 2.44. The molecule has 4 rings (SSSR count). The maximum atomic E-state index is 4.29. The van der Waals surface area contributed by atoms with Crippen LogP contribution in [0.1, 0.15) is 19.3 Å². The molecular formula is C17H21N5. The Balaban J connectivity index is 1.32. The third-order valence-corrected chi connectivity index (χ3v) is 4.95. The number of rotatable bonds is 5. The monoisotopic (exact) mass is 295 g/mol. The lowest BCUT2D eigenvalue weighted by Gasteiger charge is -2.18. The molecule has 2 heterocycles. The van der Waals surface area contributed by atoms with Crippen LogP contribution in [0.4, 0.5) is 5.82 Å². The Bertz CT molecular complexity index is 673. The molecule has 0 unspecified atom stereocenters. The fraction of sp³-hybridized carbons (Fsp3) is 0.471. The van der Waals surface area contributed by atoms with Crippen LogP contribution in [0, 0.1) is 17.8 Å². The second kappa shape index (κ2) is 5.55. The molecule has 0 spiro atoms. The number of imidazole rings is 1. The van der Waals surface area contributed by atoms with Gasteiger partial charge in [0.05, 0.1) is 0 Å². The number of fused-ring (bicyclic) bond motifs is 2. The van der Waals surface area contributed by atoms with Crippen molar-refractivity contribution in [1.29, 1.82) is 0 Å². The molecule has 0 amide bonds. The Morgan fingerprint density at radius 3 is 2.82 bits per heavy atom. The standard InChI is InChI=1S/C17H21N5/c1-22-9-8-19-17(22)15-4-5-16(21-20-15)18-7-6-14-11-12-2-3-13(14)10-12/h2-5,8-9,12-14H,6-7,10-11H2,1H3,(H,18,21)/t12-,13+,14-/m1/s1. The minimum atomic E-state index is 0.802. The average Bonchev–Trinajstić information content (AvgIpc) is 3.25. The smallest absolute Gasteiger partial charge is 0.160 e. The van der Waals surface area contributed by atoms with E-state index in [4.69, 9.17) is 0 Å². The molecule has 5 nitrogen and oxygen atoms in total. The van der Waals surface area contributed by atoms with Gasteiger partial charge in [-0.25, -0.2) is 4.98 Å². The van der Waals surface area contributed by atoms with Crippen LogP contribution in [0.5, 0.6) is 0 Å². The van der Waals surface area contributed by atoms with Crippen molar-refractivity contribution < 1.29 is 0 Å². The first kappa shape index (κ1) is 13.5. The minimum Gasteiger partial charge on any atom is -0.369 e. The van der Waals surface area contributed by atoms with Gasteiger partial charge in [0.25, 0.3) is 0 Å². The summed E-state index contributed by atoms with van der Waals surface area (Å²) in [5, 5.41) is 11.9. The second-order valence-corrected chi connectivity index (χ2v) is 6.42. The van der Waals surface area contributed by atoms with Crippen LogP contribution in [0.15, 0.2) is 36.7 Å². The van der Waals surface area contributed by atoms with Crippen LogP contribution in [-0.2, 0) is 7.05 Å². The summed E-state index contributed by atoms with van der Waals surface area (Å²) in [5.41, 5.74) is 0.802. The van der Waals surface area contributed by atoms with E-state index in [0.717, 1.165) is 41.6 Å². The van der Waals surface area contributed by atoms with Gasteiger partial charge in [-0.3, -0.25) is 0 Å². The third-order valence-electron chi connectivity index (χ3n) is 4.95. The molecule has 1 fully saturated rings. The Morgan fingerprint density at radius 1 is 1.23 bits per heavy atom. The fourth-order valence-corrected chi connectivity index (χ4v) is 3.77. The molecular weight excluding hydrogens is 274 g/mol. The van der Waals surface area contributed by atoms with Crippen molar-refractivity contribution in [3.05, 3.63) is 36.7 Å². The van der Waals surface area contributed by atoms with E-state index >= 15 is 0 Å². The van der Waals surface area contributed by atoms with Gasteiger partial charge in [0, 0.05) is 26.0 Å². The Labute approximate surface area is 130 Å². The van der Waals surface area contributed by atoms with Gasteiger partial charge in [0.1, 0.15) is 11.5 Å². The number of anilines is 1. The number of nitrogens with zero attached hydrogens (tertiary/aromatic N) is 4. The van der Waals surface area contributed by atoms with Crippen LogP contribution in [0.25, 0.3) is 11.5 Å². The number of nitrogens with one attached hydrogen (secondary N) is 1. The number of allylic oxidation sites excluding steroid dienone is 2. The van der Waals surface area contributed by atoms with Gasteiger partial charge < -0.3 is 9.88 Å². The molecule has 0 saturated heterocycles. The zero-order valence-electron chi connectivity index (χ0n) is 12.8. The molecule has 2 aromatic heterocycles. The van der Waals surface area contributed by atoms with Gasteiger partial charge in [-0.2, -0.15) is 0 Å². The summed E-state index contributed by atoms with van der Waals surface area (Å²) in [7, 11) is 1.96. The number of aryl methyl sites for hydroxylation is 1. The lowest BCUT2D eigenvalue weighted by atomic mass is 9.91. The van der Waals surface area contributed by atoms with Crippen LogP contribution in [0.3, 0.4) is 0 Å². The Morgan fingerprint density at radius 2 is 2.18 bits per heavy atom. The first-order valence-electron chi connectivity index (χ1n) is 8.03. The molecule has 1 saturated carbocycles. The van der Waals surface area contributed by atoms with E-state index in [-0.39, 0.29) is 0 Å². The predicted octanol–water partition coefficient (Wildman–Crippen LogP) is 2.89. The van der Waals surface area contributed by atoms with E-state index in [9.17, 15) is 0 Å². The van der Waals surface area contributed by atoms with Crippen molar-refractivity contribution in [3.63, 3.8) is 0 Å². The quantitative estimate of drug-likeness (QED) is 0.862. The first-order chi connectivity index (χ1) is 10.8. The third kappa shape index (κ3) is 2.51. The van der Waals surface area contributed by atoms with E-state index < -0.39 is 0 Å². The van der Waals surface area contributed by atoms with E-state index in [0.29, 0.717) is 0 Å². The van der Waals surface area contributed by atoms with Crippen molar-refractivity contribution in [1.82, 2.24) is 19.7 Å². The molecule has 1 N–H and O–H groups in total. The van der Waals surface area contributed by atoms with Crippen molar-refractivity contribution in [3.8, 4) is 11.5 Å². The van der Waals surface area contributed by atoms with Crippen LogP contribution in [-0.4, -0.2) is 26.3 Å². The summed E-state index contributed by atoms with van der Waals surface area (Å²) < 4.78 is 1.94. The molecule has 0 aromatic carbocycles. The topological polar surface area (TPSA) is 55.6 Å². The predicted molar refractivity (Wildman–Crippen MR) is 86.2 cm³/mol. The molecule has 3 atom stereocenters. The van der Waals surface area contributed by atoms with Crippen LogP contribution in [0.2, 0.25) is 0 Å². The van der Waals surface area contributed by atoms with Gasteiger partial charge in [-0.15, -0.1) is 10.2 Å². The SMILES string of the molecule is Cn1ccnc1-c1ccc(NCC[C@@H]2C[C@@H]3C=C[C@H]2C3)nn1. The van der Waals surface area contributed by atoms with Crippen molar-refractivity contribution in [2.45, 2.75) is 19.3 Å². The van der Waals surface area contributed by atoms with E-state index in [1.807, 2.05) is 29.9 Å². The second-order valence-electron chi connectivity index (χ2n) is 6.42. The van der Waals surface area contributed by atoms with Crippen molar-refractivity contribution in [2.75, 3.05) is 11.9 Å². The maximum absolute atomic E-state index is 4.29. The van der Waals surface area contributed by atoms with Crippen molar-refractivity contribution >= 4 is 5.82 Å². The summed E-state index contributed by atoms with van der Waals surface area (Å²) in [6, 6.07) is 3.95. The van der Waals surface area contributed by atoms with Crippen LogP contribution < -0.4 is 5.32 Å². The Hall–Kier alpha value is -2.17. The molecule has 2 aromatic rings. The molecule has 5 heteroatoms.